The first-order valence-electron chi connectivity index (χ1n) is 5.50. The van der Waals surface area contributed by atoms with Crippen molar-refractivity contribution in [1.82, 2.24) is 0 Å². The van der Waals surface area contributed by atoms with Gasteiger partial charge in [0, 0.05) is 0 Å². The van der Waals surface area contributed by atoms with Crippen molar-refractivity contribution in [2.45, 2.75) is 44.8 Å². The largest absolute Gasteiger partial charge is 0.369 e. The van der Waals surface area contributed by atoms with Gasteiger partial charge in [-0.3, -0.25) is 4.79 Å². The molecule has 82 valence electrons. The fraction of sp³-hybridized carbons (Fsp3) is 0.909. The summed E-state index contributed by atoms with van der Waals surface area (Å²) in [5.74, 6) is 2.61. The Balaban J connectivity index is 2.20. The molecule has 0 aliphatic heterocycles. The van der Waals surface area contributed by atoms with Crippen LogP contribution in [0, 0.1) is 11.8 Å². The number of hydrogen-bond acceptors (Lipinski definition) is 2. The van der Waals surface area contributed by atoms with Gasteiger partial charge < -0.3 is 5.73 Å². The van der Waals surface area contributed by atoms with Gasteiger partial charge in [0.05, 0.1) is 5.25 Å². The first kappa shape index (κ1) is 11.9. The summed E-state index contributed by atoms with van der Waals surface area (Å²) in [5.41, 5.74) is 5.22. The summed E-state index contributed by atoms with van der Waals surface area (Å²) < 4.78 is 0. The lowest BCUT2D eigenvalue weighted by Gasteiger charge is -2.26. The fourth-order valence-electron chi connectivity index (χ4n) is 2.07. The van der Waals surface area contributed by atoms with E-state index in [4.69, 9.17) is 5.73 Å². The van der Waals surface area contributed by atoms with Crippen molar-refractivity contribution < 1.29 is 4.79 Å². The predicted octanol–water partition coefficient (Wildman–Crippen LogP) is 2.42. The van der Waals surface area contributed by atoms with Crippen molar-refractivity contribution in [2.75, 3.05) is 5.75 Å². The number of hydrogen-bond donors (Lipinski definition) is 1. The highest BCUT2D eigenvalue weighted by atomic mass is 32.2. The Bertz CT molecular complexity index is 196. The minimum absolute atomic E-state index is 0.0211. The van der Waals surface area contributed by atoms with Crippen LogP contribution in [0.5, 0.6) is 0 Å². The maximum Gasteiger partial charge on any atom is 0.230 e. The first-order valence-corrected chi connectivity index (χ1v) is 6.55. The van der Waals surface area contributed by atoms with Crippen molar-refractivity contribution in [3.63, 3.8) is 0 Å². The lowest BCUT2D eigenvalue weighted by molar-refractivity contribution is -0.117. The molecular weight excluding hydrogens is 194 g/mol. The molecule has 0 saturated heterocycles. The summed E-state index contributed by atoms with van der Waals surface area (Å²) in [6.45, 7) is 4.23. The SMILES string of the molecule is C[C@@H]1CCC[C@H](CS[C@H](C)C(N)=O)C1. The van der Waals surface area contributed by atoms with Crippen LogP contribution >= 0.6 is 11.8 Å². The highest BCUT2D eigenvalue weighted by Crippen LogP contribution is 2.31. The Morgan fingerprint density at radius 1 is 1.57 bits per heavy atom. The van der Waals surface area contributed by atoms with E-state index in [-0.39, 0.29) is 11.2 Å². The van der Waals surface area contributed by atoms with E-state index < -0.39 is 0 Å². The van der Waals surface area contributed by atoms with Crippen LogP contribution < -0.4 is 5.73 Å². The molecular formula is C11H21NOS. The van der Waals surface area contributed by atoms with Gasteiger partial charge in [0.1, 0.15) is 0 Å². The van der Waals surface area contributed by atoms with Crippen molar-refractivity contribution in [3.8, 4) is 0 Å². The van der Waals surface area contributed by atoms with Gasteiger partial charge in [-0.25, -0.2) is 0 Å². The molecule has 0 aromatic heterocycles. The smallest absolute Gasteiger partial charge is 0.230 e. The quantitative estimate of drug-likeness (QED) is 0.782. The third kappa shape index (κ3) is 3.91. The van der Waals surface area contributed by atoms with E-state index >= 15 is 0 Å². The highest BCUT2D eigenvalue weighted by Gasteiger charge is 2.20. The molecule has 1 amide bonds. The second kappa shape index (κ2) is 5.64. The zero-order valence-corrected chi connectivity index (χ0v) is 9.98. The Hall–Kier alpha value is -0.180. The maximum atomic E-state index is 10.8. The zero-order chi connectivity index (χ0) is 10.6. The molecule has 3 atom stereocenters. The third-order valence-electron chi connectivity index (χ3n) is 3.03. The van der Waals surface area contributed by atoms with E-state index in [1.165, 1.54) is 25.7 Å². The first-order chi connectivity index (χ1) is 6.59. The molecule has 1 rings (SSSR count). The molecule has 3 heteroatoms. The Morgan fingerprint density at radius 2 is 2.29 bits per heavy atom. The molecule has 14 heavy (non-hydrogen) atoms. The number of nitrogens with two attached hydrogens (primary N) is 1. The van der Waals surface area contributed by atoms with Crippen LogP contribution in [-0.2, 0) is 4.79 Å². The molecule has 1 aliphatic carbocycles. The second-order valence-electron chi connectivity index (χ2n) is 4.52. The molecule has 0 spiro atoms. The summed E-state index contributed by atoms with van der Waals surface area (Å²) in [4.78, 5) is 10.8. The Labute approximate surface area is 91.0 Å². The number of rotatable bonds is 4. The normalized spacial score (nSPS) is 29.9. The van der Waals surface area contributed by atoms with Crippen LogP contribution in [0.25, 0.3) is 0 Å². The average Bonchev–Trinajstić information content (AvgIpc) is 2.14. The van der Waals surface area contributed by atoms with Crippen LogP contribution in [0.4, 0.5) is 0 Å². The average molecular weight is 215 g/mol. The predicted molar refractivity (Wildman–Crippen MR) is 62.2 cm³/mol. The van der Waals surface area contributed by atoms with E-state index in [1.54, 1.807) is 11.8 Å². The second-order valence-corrected chi connectivity index (χ2v) is 5.89. The molecule has 0 aromatic rings. The van der Waals surface area contributed by atoms with Crippen molar-refractivity contribution in [3.05, 3.63) is 0 Å². The number of carbonyl (C=O) groups excluding carboxylic acids is 1. The van der Waals surface area contributed by atoms with E-state index in [9.17, 15) is 4.79 Å². The van der Waals surface area contributed by atoms with Crippen LogP contribution in [0.3, 0.4) is 0 Å². The van der Waals surface area contributed by atoms with Crippen molar-refractivity contribution in [2.24, 2.45) is 17.6 Å². The van der Waals surface area contributed by atoms with Gasteiger partial charge in [0.2, 0.25) is 5.91 Å². The molecule has 0 unspecified atom stereocenters. The topological polar surface area (TPSA) is 43.1 Å². The molecule has 0 bridgehead atoms. The molecule has 1 fully saturated rings. The van der Waals surface area contributed by atoms with Gasteiger partial charge in [-0.1, -0.05) is 19.8 Å². The molecule has 2 nitrogen and oxygen atoms in total. The highest BCUT2D eigenvalue weighted by molar-refractivity contribution is 8.00. The van der Waals surface area contributed by atoms with Crippen molar-refractivity contribution >= 4 is 17.7 Å². The van der Waals surface area contributed by atoms with E-state index in [0.29, 0.717) is 0 Å². The van der Waals surface area contributed by atoms with Gasteiger partial charge in [-0.15, -0.1) is 11.8 Å². The molecule has 1 saturated carbocycles. The van der Waals surface area contributed by atoms with Crippen molar-refractivity contribution in [1.29, 1.82) is 0 Å². The Morgan fingerprint density at radius 3 is 2.86 bits per heavy atom. The molecule has 0 radical (unpaired) electrons. The summed E-state index contributed by atoms with van der Waals surface area (Å²) in [5, 5.41) is -0.0211. The fourth-order valence-corrected chi connectivity index (χ4v) is 3.10. The maximum absolute atomic E-state index is 10.8. The monoisotopic (exact) mass is 215 g/mol. The van der Waals surface area contributed by atoms with Gasteiger partial charge in [-0.05, 0) is 37.4 Å². The van der Waals surface area contributed by atoms with Gasteiger partial charge >= 0.3 is 0 Å². The summed E-state index contributed by atoms with van der Waals surface area (Å²) in [6, 6.07) is 0. The molecule has 1 aliphatic rings. The van der Waals surface area contributed by atoms with E-state index in [2.05, 4.69) is 6.92 Å². The van der Waals surface area contributed by atoms with E-state index in [0.717, 1.165) is 17.6 Å². The number of thioether (sulfide) groups is 1. The minimum Gasteiger partial charge on any atom is -0.369 e. The number of carbonyl (C=O) groups is 1. The lowest BCUT2D eigenvalue weighted by Crippen LogP contribution is -2.24. The van der Waals surface area contributed by atoms with E-state index in [1.807, 2.05) is 6.92 Å². The van der Waals surface area contributed by atoms with Crippen LogP contribution in [0.1, 0.15) is 39.5 Å². The third-order valence-corrected chi connectivity index (χ3v) is 4.42. The summed E-state index contributed by atoms with van der Waals surface area (Å²) in [7, 11) is 0. The lowest BCUT2D eigenvalue weighted by atomic mass is 9.83. The molecule has 0 aromatic carbocycles. The van der Waals surface area contributed by atoms with Crippen LogP contribution in [0.15, 0.2) is 0 Å². The van der Waals surface area contributed by atoms with Gasteiger partial charge in [0.25, 0.3) is 0 Å². The van der Waals surface area contributed by atoms with Gasteiger partial charge in [0.15, 0.2) is 0 Å². The standard InChI is InChI=1S/C11H21NOS/c1-8-4-3-5-10(6-8)7-14-9(2)11(12)13/h8-10H,3-7H2,1-2H3,(H2,12,13)/t8-,9-,10+/m1/s1. The molecule has 2 N–H and O–H groups in total. The summed E-state index contributed by atoms with van der Waals surface area (Å²) in [6.07, 6.45) is 5.41. The summed E-state index contributed by atoms with van der Waals surface area (Å²) >= 11 is 1.72. The minimum atomic E-state index is -0.182. The number of primary amides is 1. The van der Waals surface area contributed by atoms with Crippen LogP contribution in [-0.4, -0.2) is 16.9 Å². The Kier molecular flexibility index (Phi) is 4.79. The van der Waals surface area contributed by atoms with Crippen LogP contribution in [0.2, 0.25) is 0 Å². The van der Waals surface area contributed by atoms with Gasteiger partial charge in [-0.2, -0.15) is 0 Å². The molecule has 0 heterocycles. The zero-order valence-electron chi connectivity index (χ0n) is 9.16. The number of amides is 1.